The van der Waals surface area contributed by atoms with Gasteiger partial charge in [-0.15, -0.1) is 0 Å². The Morgan fingerprint density at radius 2 is 2.21 bits per heavy atom. The number of hydrogen-bond donors (Lipinski definition) is 1. The lowest BCUT2D eigenvalue weighted by Gasteiger charge is -2.26. The number of ether oxygens (including phenoxy) is 2. The highest BCUT2D eigenvalue weighted by molar-refractivity contribution is 6.01. The lowest BCUT2D eigenvalue weighted by molar-refractivity contribution is 0.0922. The normalized spacial score (nSPS) is 24.3. The molecular weight excluding hydrogens is 242 g/mol. The maximum absolute atomic E-state index is 12.3. The highest BCUT2D eigenvalue weighted by Gasteiger charge is 2.34. The smallest absolute Gasteiger partial charge is 0.255 e. The molecule has 0 fully saturated rings. The van der Waals surface area contributed by atoms with Crippen LogP contribution in [0.1, 0.15) is 42.3 Å². The quantitative estimate of drug-likeness (QED) is 0.886. The summed E-state index contributed by atoms with van der Waals surface area (Å²) in [7, 11) is 0. The topological polar surface area (TPSA) is 47.6 Å². The van der Waals surface area contributed by atoms with Crippen molar-refractivity contribution in [2.45, 2.75) is 45.8 Å². The Hall–Kier alpha value is -1.71. The van der Waals surface area contributed by atoms with E-state index in [1.807, 2.05) is 26.8 Å². The van der Waals surface area contributed by atoms with Gasteiger partial charge in [-0.3, -0.25) is 4.79 Å². The number of benzene rings is 1. The van der Waals surface area contributed by atoms with Gasteiger partial charge in [0.25, 0.3) is 5.91 Å². The van der Waals surface area contributed by atoms with E-state index in [4.69, 9.17) is 9.47 Å². The summed E-state index contributed by atoms with van der Waals surface area (Å²) >= 11 is 0. The van der Waals surface area contributed by atoms with E-state index in [-0.39, 0.29) is 18.1 Å². The third kappa shape index (κ3) is 1.95. The maximum atomic E-state index is 12.3. The Bertz CT molecular complexity index is 539. The molecule has 2 atom stereocenters. The zero-order valence-corrected chi connectivity index (χ0v) is 11.6. The van der Waals surface area contributed by atoms with E-state index in [0.29, 0.717) is 12.2 Å². The third-order valence-corrected chi connectivity index (χ3v) is 3.66. The average Bonchev–Trinajstić information content (AvgIpc) is 2.69. The van der Waals surface area contributed by atoms with Crippen molar-refractivity contribution in [3.8, 4) is 11.5 Å². The molecule has 2 aliphatic rings. The minimum atomic E-state index is -0.0411. The first-order chi connectivity index (χ1) is 9.10. The van der Waals surface area contributed by atoms with E-state index in [1.165, 1.54) is 0 Å². The molecule has 1 aromatic carbocycles. The molecule has 4 heteroatoms. The van der Waals surface area contributed by atoms with Crippen LogP contribution in [-0.4, -0.2) is 24.7 Å². The molecule has 3 rings (SSSR count). The Morgan fingerprint density at radius 3 is 2.95 bits per heavy atom. The number of rotatable bonds is 2. The fourth-order valence-electron chi connectivity index (χ4n) is 2.95. The molecule has 0 aromatic heterocycles. The highest BCUT2D eigenvalue weighted by Crippen LogP contribution is 2.41. The molecule has 1 N–H and O–H groups in total. The van der Waals surface area contributed by atoms with Crippen LogP contribution in [-0.2, 0) is 12.8 Å². The average molecular weight is 261 g/mol. The molecule has 4 nitrogen and oxygen atoms in total. The van der Waals surface area contributed by atoms with Gasteiger partial charge in [0.15, 0.2) is 0 Å². The van der Waals surface area contributed by atoms with Gasteiger partial charge >= 0.3 is 0 Å². The second kappa shape index (κ2) is 4.44. The van der Waals surface area contributed by atoms with Crippen LogP contribution in [0.3, 0.4) is 0 Å². The summed E-state index contributed by atoms with van der Waals surface area (Å²) in [6, 6.07) is 2.18. The largest absolute Gasteiger partial charge is 0.494 e. The van der Waals surface area contributed by atoms with Crippen LogP contribution >= 0.6 is 0 Å². The van der Waals surface area contributed by atoms with E-state index in [0.717, 1.165) is 35.5 Å². The summed E-state index contributed by atoms with van der Waals surface area (Å²) in [4.78, 5) is 12.3. The number of carbonyl (C=O) groups is 1. The van der Waals surface area contributed by atoms with Crippen molar-refractivity contribution in [1.29, 1.82) is 0 Å². The number of hydrogen-bond acceptors (Lipinski definition) is 3. The first kappa shape index (κ1) is 12.3. The first-order valence-corrected chi connectivity index (χ1v) is 6.89. The summed E-state index contributed by atoms with van der Waals surface area (Å²) in [5.41, 5.74) is 2.76. The summed E-state index contributed by atoms with van der Waals surface area (Å²) < 4.78 is 11.6. The third-order valence-electron chi connectivity index (χ3n) is 3.66. The monoisotopic (exact) mass is 261 g/mol. The molecule has 2 heterocycles. The molecule has 1 aromatic rings. The van der Waals surface area contributed by atoms with Crippen molar-refractivity contribution in [2.24, 2.45) is 0 Å². The summed E-state index contributed by atoms with van der Waals surface area (Å²) in [6.45, 7) is 6.60. The highest BCUT2D eigenvalue weighted by atomic mass is 16.5. The fourth-order valence-corrected chi connectivity index (χ4v) is 2.95. The first-order valence-electron chi connectivity index (χ1n) is 6.89. The molecule has 0 spiro atoms. The van der Waals surface area contributed by atoms with E-state index in [2.05, 4.69) is 5.32 Å². The van der Waals surface area contributed by atoms with E-state index >= 15 is 0 Å². The van der Waals surface area contributed by atoms with Gasteiger partial charge in [0.05, 0.1) is 12.2 Å². The van der Waals surface area contributed by atoms with Crippen molar-refractivity contribution in [1.82, 2.24) is 5.32 Å². The van der Waals surface area contributed by atoms with Gasteiger partial charge < -0.3 is 14.8 Å². The molecule has 0 saturated heterocycles. The van der Waals surface area contributed by atoms with Crippen LogP contribution in [0.25, 0.3) is 0 Å². The Kier molecular flexibility index (Phi) is 2.88. The predicted molar refractivity (Wildman–Crippen MR) is 72.0 cm³/mol. The number of nitrogens with one attached hydrogen (secondary N) is 1. The molecule has 2 unspecified atom stereocenters. The van der Waals surface area contributed by atoms with Crippen molar-refractivity contribution in [2.75, 3.05) is 6.61 Å². The minimum Gasteiger partial charge on any atom is -0.494 e. The van der Waals surface area contributed by atoms with Gasteiger partial charge in [-0.25, -0.2) is 0 Å². The zero-order valence-electron chi connectivity index (χ0n) is 11.6. The fraction of sp³-hybridized carbons (Fsp3) is 0.533. The molecular formula is C15H19NO3. The van der Waals surface area contributed by atoms with Crippen LogP contribution in [0, 0.1) is 0 Å². The van der Waals surface area contributed by atoms with Crippen molar-refractivity contribution >= 4 is 5.91 Å². The number of carbonyl (C=O) groups excluding carboxylic acids is 1. The molecule has 0 bridgehead atoms. The lowest BCUT2D eigenvalue weighted by atomic mass is 9.91. The molecule has 0 saturated carbocycles. The van der Waals surface area contributed by atoms with E-state index in [9.17, 15) is 4.79 Å². The summed E-state index contributed by atoms with van der Waals surface area (Å²) in [5, 5.41) is 2.97. The second-order valence-electron chi connectivity index (χ2n) is 5.36. The van der Waals surface area contributed by atoms with E-state index < -0.39 is 0 Å². The number of fused-ring (bicyclic) bond motifs is 3. The van der Waals surface area contributed by atoms with Gasteiger partial charge in [-0.1, -0.05) is 0 Å². The van der Waals surface area contributed by atoms with Crippen molar-refractivity contribution < 1.29 is 14.3 Å². The van der Waals surface area contributed by atoms with Gasteiger partial charge in [0.1, 0.15) is 17.6 Å². The predicted octanol–water partition coefficient (Wildman–Crippen LogP) is 2.08. The molecule has 19 heavy (non-hydrogen) atoms. The van der Waals surface area contributed by atoms with Crippen LogP contribution in [0.2, 0.25) is 0 Å². The van der Waals surface area contributed by atoms with Crippen molar-refractivity contribution in [3.05, 3.63) is 22.8 Å². The Morgan fingerprint density at radius 1 is 1.42 bits per heavy atom. The van der Waals surface area contributed by atoms with Crippen LogP contribution in [0.15, 0.2) is 6.07 Å². The van der Waals surface area contributed by atoms with Crippen LogP contribution < -0.4 is 14.8 Å². The van der Waals surface area contributed by atoms with Crippen molar-refractivity contribution in [3.63, 3.8) is 0 Å². The van der Waals surface area contributed by atoms with Gasteiger partial charge in [-0.2, -0.15) is 0 Å². The summed E-state index contributed by atoms with van der Waals surface area (Å²) in [6.07, 6.45) is 1.76. The Balaban J connectivity index is 2.18. The molecule has 1 amide bonds. The lowest BCUT2D eigenvalue weighted by Crippen LogP contribution is -2.39. The minimum absolute atomic E-state index is 0.0411. The van der Waals surface area contributed by atoms with E-state index in [1.54, 1.807) is 0 Å². The van der Waals surface area contributed by atoms with Crippen LogP contribution in [0.4, 0.5) is 0 Å². The molecule has 0 radical (unpaired) electrons. The number of amides is 1. The molecule has 0 aliphatic carbocycles. The zero-order chi connectivity index (χ0) is 13.6. The van der Waals surface area contributed by atoms with Crippen LogP contribution in [0.5, 0.6) is 11.5 Å². The van der Waals surface area contributed by atoms with Gasteiger partial charge in [-0.05, 0) is 33.3 Å². The summed E-state index contributed by atoms with van der Waals surface area (Å²) in [5.74, 6) is 1.56. The molecule has 2 aliphatic heterocycles. The SMILES string of the molecule is CCOc1cc2c(c3c1CC(C)NC3=O)OC(C)C2. The van der Waals surface area contributed by atoms with Gasteiger partial charge in [0, 0.05) is 23.6 Å². The maximum Gasteiger partial charge on any atom is 0.255 e. The Labute approximate surface area is 113 Å². The molecule has 102 valence electrons. The standard InChI is InChI=1S/C15H19NO3/c1-4-18-12-7-10-6-9(3)19-14(10)13-11(12)5-8(2)16-15(13)17/h7-9H,4-6H2,1-3H3,(H,16,17). The van der Waals surface area contributed by atoms with Gasteiger partial charge in [0.2, 0.25) is 0 Å². The second-order valence-corrected chi connectivity index (χ2v) is 5.36.